The van der Waals surface area contributed by atoms with Gasteiger partial charge in [-0.2, -0.15) is 9.67 Å². The highest BCUT2D eigenvalue weighted by atomic mass is 19.1. The van der Waals surface area contributed by atoms with Crippen LogP contribution in [0.3, 0.4) is 0 Å². The monoisotopic (exact) mass is 376 g/mol. The molecule has 0 unspecified atom stereocenters. The van der Waals surface area contributed by atoms with Crippen LogP contribution in [0.5, 0.6) is 0 Å². The molecule has 0 aliphatic carbocycles. The van der Waals surface area contributed by atoms with Gasteiger partial charge in [-0.3, -0.25) is 4.79 Å². The average molecular weight is 376 g/mol. The summed E-state index contributed by atoms with van der Waals surface area (Å²) in [6, 6.07) is 17.1. The predicted molar refractivity (Wildman–Crippen MR) is 102 cm³/mol. The molecule has 1 N–H and O–H groups in total. The molecule has 2 aromatic carbocycles. The van der Waals surface area contributed by atoms with Crippen molar-refractivity contribution < 1.29 is 13.6 Å². The van der Waals surface area contributed by atoms with Gasteiger partial charge < -0.3 is 9.73 Å². The number of nitrogens with one attached hydrogen (secondary N) is 1. The van der Waals surface area contributed by atoms with Gasteiger partial charge in [-0.1, -0.05) is 42.0 Å². The van der Waals surface area contributed by atoms with E-state index in [9.17, 15) is 9.18 Å². The number of aromatic nitrogens is 3. The first-order chi connectivity index (χ1) is 13.6. The Balaban J connectivity index is 1.68. The van der Waals surface area contributed by atoms with E-state index < -0.39 is 11.7 Å². The third-order valence-electron chi connectivity index (χ3n) is 4.22. The van der Waals surface area contributed by atoms with Gasteiger partial charge in [0.15, 0.2) is 5.76 Å². The quantitative estimate of drug-likeness (QED) is 0.563. The minimum absolute atomic E-state index is 0.0863. The Morgan fingerprint density at radius 1 is 1.11 bits per heavy atom. The summed E-state index contributed by atoms with van der Waals surface area (Å²) in [5, 5.41) is 7.34. The zero-order valence-corrected chi connectivity index (χ0v) is 15.1. The molecule has 6 nitrogen and oxygen atoms in total. The van der Waals surface area contributed by atoms with Gasteiger partial charge in [0.05, 0.1) is 11.8 Å². The van der Waals surface area contributed by atoms with Crippen molar-refractivity contribution >= 4 is 11.9 Å². The zero-order valence-electron chi connectivity index (χ0n) is 15.1. The van der Waals surface area contributed by atoms with Crippen LogP contribution < -0.4 is 5.32 Å². The largest absolute Gasteiger partial charge is 0.461 e. The highest BCUT2D eigenvalue weighted by Crippen LogP contribution is 2.20. The van der Waals surface area contributed by atoms with E-state index in [-0.39, 0.29) is 17.3 Å². The minimum atomic E-state index is -0.618. The second kappa shape index (κ2) is 7.48. The molecule has 0 saturated heterocycles. The van der Waals surface area contributed by atoms with Crippen molar-refractivity contribution in [3.8, 4) is 11.6 Å². The summed E-state index contributed by atoms with van der Waals surface area (Å²) in [5.74, 6) is -0.373. The lowest BCUT2D eigenvalue weighted by molar-refractivity contribution is 0.0943. The average Bonchev–Trinajstić information content (AvgIpc) is 3.37. The van der Waals surface area contributed by atoms with Crippen molar-refractivity contribution in [3.63, 3.8) is 0 Å². The van der Waals surface area contributed by atoms with Gasteiger partial charge in [-0.05, 0) is 36.8 Å². The van der Waals surface area contributed by atoms with E-state index in [1.54, 1.807) is 18.2 Å². The SMILES string of the molecule is Cc1ccc(CNc2nc(-c3ccco3)nn2C(=O)c2ccccc2F)cc1. The fourth-order valence-electron chi connectivity index (χ4n) is 2.71. The first-order valence-electron chi connectivity index (χ1n) is 8.71. The first kappa shape index (κ1) is 17.7. The van der Waals surface area contributed by atoms with E-state index in [0.29, 0.717) is 12.3 Å². The van der Waals surface area contributed by atoms with Gasteiger partial charge >= 0.3 is 0 Å². The number of furan rings is 1. The van der Waals surface area contributed by atoms with Gasteiger partial charge in [-0.25, -0.2) is 4.39 Å². The summed E-state index contributed by atoms with van der Waals surface area (Å²) in [6.07, 6.45) is 1.49. The number of anilines is 1. The molecule has 0 atom stereocenters. The number of benzene rings is 2. The number of carbonyl (C=O) groups is 1. The Hall–Kier alpha value is -3.74. The second-order valence-electron chi connectivity index (χ2n) is 6.27. The number of hydrogen-bond donors (Lipinski definition) is 1. The molecule has 7 heteroatoms. The molecule has 4 aromatic rings. The molecule has 0 spiro atoms. The minimum Gasteiger partial charge on any atom is -0.461 e. The highest BCUT2D eigenvalue weighted by Gasteiger charge is 2.21. The van der Waals surface area contributed by atoms with Crippen LogP contribution in [0.1, 0.15) is 21.5 Å². The molecule has 0 amide bonds. The molecule has 140 valence electrons. The predicted octanol–water partition coefficient (Wildman–Crippen LogP) is 4.29. The van der Waals surface area contributed by atoms with Gasteiger partial charge in [0, 0.05) is 6.54 Å². The summed E-state index contributed by atoms with van der Waals surface area (Å²) in [4.78, 5) is 17.2. The molecule has 4 rings (SSSR count). The molecule has 2 heterocycles. The van der Waals surface area contributed by atoms with Crippen LogP contribution in [-0.2, 0) is 6.54 Å². The second-order valence-corrected chi connectivity index (χ2v) is 6.27. The summed E-state index contributed by atoms with van der Waals surface area (Å²) in [7, 11) is 0. The summed E-state index contributed by atoms with van der Waals surface area (Å²) < 4.78 is 20.5. The van der Waals surface area contributed by atoms with Gasteiger partial charge in [0.2, 0.25) is 11.8 Å². The molecule has 0 fully saturated rings. The third-order valence-corrected chi connectivity index (χ3v) is 4.22. The fourth-order valence-corrected chi connectivity index (χ4v) is 2.71. The Labute approximate surface area is 160 Å². The molecule has 0 saturated carbocycles. The Kier molecular flexibility index (Phi) is 4.72. The van der Waals surface area contributed by atoms with E-state index in [1.165, 1.54) is 24.5 Å². The smallest absolute Gasteiger partial charge is 0.284 e. The van der Waals surface area contributed by atoms with E-state index in [2.05, 4.69) is 15.4 Å². The maximum Gasteiger partial charge on any atom is 0.284 e. The topological polar surface area (TPSA) is 73.0 Å². The number of nitrogens with zero attached hydrogens (tertiary/aromatic N) is 3. The van der Waals surface area contributed by atoms with Gasteiger partial charge in [-0.15, -0.1) is 5.10 Å². The fraction of sp³-hybridized carbons (Fsp3) is 0.0952. The van der Waals surface area contributed by atoms with Crippen LogP contribution in [0.15, 0.2) is 71.3 Å². The molecule has 0 radical (unpaired) electrons. The number of aryl methyl sites for hydroxylation is 1. The van der Waals surface area contributed by atoms with Crippen molar-refractivity contribution in [1.29, 1.82) is 0 Å². The summed E-state index contributed by atoms with van der Waals surface area (Å²) in [5.41, 5.74) is 2.08. The lowest BCUT2D eigenvalue weighted by Gasteiger charge is -2.08. The molecular formula is C21H17FN4O2. The normalized spacial score (nSPS) is 10.8. The van der Waals surface area contributed by atoms with E-state index in [4.69, 9.17) is 4.42 Å². The van der Waals surface area contributed by atoms with Crippen LogP contribution >= 0.6 is 0 Å². The lowest BCUT2D eigenvalue weighted by atomic mass is 10.1. The number of rotatable bonds is 5. The third kappa shape index (κ3) is 3.55. The van der Waals surface area contributed by atoms with Crippen molar-refractivity contribution in [2.24, 2.45) is 0 Å². The van der Waals surface area contributed by atoms with Crippen LogP contribution in [0.2, 0.25) is 0 Å². The van der Waals surface area contributed by atoms with E-state index >= 15 is 0 Å². The lowest BCUT2D eigenvalue weighted by Crippen LogP contribution is -2.18. The molecule has 2 aromatic heterocycles. The Morgan fingerprint density at radius 3 is 2.61 bits per heavy atom. The maximum atomic E-state index is 14.1. The van der Waals surface area contributed by atoms with Crippen molar-refractivity contribution in [3.05, 3.63) is 89.4 Å². The standard InChI is InChI=1S/C21H17FN4O2/c1-14-8-10-15(11-9-14)13-23-21-24-19(18-7-4-12-28-18)25-26(21)20(27)16-5-2-3-6-17(16)22/h2-12H,13H2,1H3,(H,23,24,25). The first-order valence-corrected chi connectivity index (χ1v) is 8.71. The van der Waals surface area contributed by atoms with Crippen molar-refractivity contribution in [1.82, 2.24) is 14.8 Å². The molecule has 0 aliphatic heterocycles. The number of carbonyl (C=O) groups excluding carboxylic acids is 1. The summed E-state index contributed by atoms with van der Waals surface area (Å²) >= 11 is 0. The Bertz CT molecular complexity index is 1100. The number of halogens is 1. The molecule has 28 heavy (non-hydrogen) atoms. The van der Waals surface area contributed by atoms with Crippen LogP contribution in [0.4, 0.5) is 10.3 Å². The highest BCUT2D eigenvalue weighted by molar-refractivity contribution is 5.97. The van der Waals surface area contributed by atoms with E-state index in [1.807, 2.05) is 31.2 Å². The van der Waals surface area contributed by atoms with Crippen molar-refractivity contribution in [2.75, 3.05) is 5.32 Å². The zero-order chi connectivity index (χ0) is 19.5. The van der Waals surface area contributed by atoms with Crippen LogP contribution in [0, 0.1) is 12.7 Å². The number of hydrogen-bond acceptors (Lipinski definition) is 5. The van der Waals surface area contributed by atoms with Crippen LogP contribution in [0.25, 0.3) is 11.6 Å². The van der Waals surface area contributed by atoms with Crippen LogP contribution in [-0.4, -0.2) is 20.7 Å². The molecule has 0 bridgehead atoms. The van der Waals surface area contributed by atoms with Crippen molar-refractivity contribution in [2.45, 2.75) is 13.5 Å². The summed E-state index contributed by atoms with van der Waals surface area (Å²) in [6.45, 7) is 2.44. The van der Waals surface area contributed by atoms with Gasteiger partial charge in [0.25, 0.3) is 5.91 Å². The van der Waals surface area contributed by atoms with Gasteiger partial charge in [0.1, 0.15) is 5.82 Å². The maximum absolute atomic E-state index is 14.1. The molecular weight excluding hydrogens is 359 g/mol. The Morgan fingerprint density at radius 2 is 1.89 bits per heavy atom. The van der Waals surface area contributed by atoms with E-state index in [0.717, 1.165) is 15.8 Å². The molecule has 0 aliphatic rings.